The Bertz CT molecular complexity index is 858. The molecule has 3 aromatic rings. The molecule has 0 spiro atoms. The number of imidazole rings is 1. The van der Waals surface area contributed by atoms with Crippen molar-refractivity contribution in [3.05, 3.63) is 48.2 Å². The number of nitrogens with one attached hydrogen (secondary N) is 1. The molecule has 1 aliphatic carbocycles. The number of benzene rings is 1. The van der Waals surface area contributed by atoms with E-state index in [0.717, 1.165) is 48.7 Å². The summed E-state index contributed by atoms with van der Waals surface area (Å²) in [7, 11) is 1.68. The van der Waals surface area contributed by atoms with Crippen LogP contribution in [0.5, 0.6) is 5.75 Å². The Hall–Kier alpha value is -2.60. The summed E-state index contributed by atoms with van der Waals surface area (Å²) in [4.78, 5) is 9.11. The van der Waals surface area contributed by atoms with Gasteiger partial charge in [0.2, 0.25) is 5.95 Å². The van der Waals surface area contributed by atoms with Crippen molar-refractivity contribution in [3.8, 4) is 5.75 Å². The number of hydrogen-bond acceptors (Lipinski definition) is 5. The number of anilines is 1. The second-order valence-electron chi connectivity index (χ2n) is 6.63. The lowest BCUT2D eigenvalue weighted by Crippen LogP contribution is -2.22. The minimum atomic E-state index is 0.287. The molecule has 2 heterocycles. The van der Waals surface area contributed by atoms with Gasteiger partial charge in [-0.25, -0.2) is 4.98 Å². The first-order chi connectivity index (χ1) is 12.2. The summed E-state index contributed by atoms with van der Waals surface area (Å²) in [6.07, 6.45) is 4.91. The summed E-state index contributed by atoms with van der Waals surface area (Å²) in [6, 6.07) is 12.8. The van der Waals surface area contributed by atoms with Gasteiger partial charge in [0.05, 0.1) is 19.2 Å². The van der Waals surface area contributed by atoms with E-state index in [9.17, 15) is 0 Å². The lowest BCUT2D eigenvalue weighted by atomic mass is 10.2. The van der Waals surface area contributed by atoms with Crippen molar-refractivity contribution in [1.82, 2.24) is 14.5 Å². The van der Waals surface area contributed by atoms with Gasteiger partial charge in [0.25, 0.3) is 0 Å². The molecular formula is C19H23N5O. The van der Waals surface area contributed by atoms with Crippen molar-refractivity contribution in [1.29, 1.82) is 0 Å². The van der Waals surface area contributed by atoms with E-state index >= 15 is 0 Å². The molecule has 3 N–H and O–H groups in total. The van der Waals surface area contributed by atoms with Crippen molar-refractivity contribution < 1.29 is 4.74 Å². The van der Waals surface area contributed by atoms with Crippen LogP contribution >= 0.6 is 0 Å². The maximum atomic E-state index is 6.05. The minimum absolute atomic E-state index is 0.287. The Labute approximate surface area is 147 Å². The number of nitrogens with zero attached hydrogens (tertiary/aromatic N) is 3. The number of rotatable bonds is 5. The van der Waals surface area contributed by atoms with Crippen LogP contribution in [0.15, 0.2) is 42.6 Å². The Kier molecular flexibility index (Phi) is 4.28. The monoisotopic (exact) mass is 337 g/mol. The number of fused-ring (bicyclic) bond motifs is 1. The Morgan fingerprint density at radius 2 is 2.08 bits per heavy atom. The Morgan fingerprint density at radius 1 is 1.24 bits per heavy atom. The minimum Gasteiger partial charge on any atom is -0.497 e. The first-order valence-electron chi connectivity index (χ1n) is 8.69. The number of methoxy groups -OCH3 is 1. The molecule has 6 nitrogen and oxygen atoms in total. The number of hydrogen-bond donors (Lipinski definition) is 2. The van der Waals surface area contributed by atoms with Gasteiger partial charge in [-0.3, -0.25) is 0 Å². The average molecular weight is 337 g/mol. The van der Waals surface area contributed by atoms with Gasteiger partial charge in [-0.15, -0.1) is 0 Å². The molecule has 4 rings (SSSR count). The third-order valence-electron chi connectivity index (χ3n) is 4.83. The molecular weight excluding hydrogens is 314 g/mol. The van der Waals surface area contributed by atoms with Gasteiger partial charge in [-0.2, -0.15) is 4.98 Å². The number of aromatic nitrogens is 3. The van der Waals surface area contributed by atoms with Gasteiger partial charge in [-0.1, -0.05) is 12.1 Å². The van der Waals surface area contributed by atoms with Crippen molar-refractivity contribution in [2.24, 2.45) is 5.73 Å². The molecule has 25 heavy (non-hydrogen) atoms. The van der Waals surface area contributed by atoms with Gasteiger partial charge in [0.1, 0.15) is 5.75 Å². The molecule has 2 aromatic heterocycles. The largest absolute Gasteiger partial charge is 0.497 e. The SMILES string of the molecule is COc1ccc(Cn2c(N[C@H]3CC[C@H](N)C3)nc3ncccc32)cc1. The highest BCUT2D eigenvalue weighted by molar-refractivity contribution is 5.74. The fourth-order valence-corrected chi connectivity index (χ4v) is 3.47. The van der Waals surface area contributed by atoms with Crippen molar-refractivity contribution in [2.75, 3.05) is 12.4 Å². The van der Waals surface area contributed by atoms with Crippen LogP contribution in [0, 0.1) is 0 Å². The molecule has 1 saturated carbocycles. The lowest BCUT2D eigenvalue weighted by molar-refractivity contribution is 0.414. The predicted molar refractivity (Wildman–Crippen MR) is 98.9 cm³/mol. The highest BCUT2D eigenvalue weighted by Crippen LogP contribution is 2.25. The maximum absolute atomic E-state index is 6.05. The Balaban J connectivity index is 1.66. The molecule has 6 heteroatoms. The molecule has 0 amide bonds. The third-order valence-corrected chi connectivity index (χ3v) is 4.83. The van der Waals surface area contributed by atoms with Crippen LogP contribution in [0.25, 0.3) is 11.2 Å². The highest BCUT2D eigenvalue weighted by Gasteiger charge is 2.23. The normalized spacial score (nSPS) is 20.1. The smallest absolute Gasteiger partial charge is 0.205 e. The number of ether oxygens (including phenoxy) is 1. The van der Waals surface area contributed by atoms with Crippen LogP contribution in [-0.2, 0) is 6.54 Å². The van der Waals surface area contributed by atoms with E-state index in [4.69, 9.17) is 15.5 Å². The van der Waals surface area contributed by atoms with Crippen LogP contribution in [-0.4, -0.2) is 33.7 Å². The Morgan fingerprint density at radius 3 is 2.80 bits per heavy atom. The van der Waals surface area contributed by atoms with Gasteiger partial charge in [-0.05, 0) is 49.1 Å². The molecule has 1 fully saturated rings. The summed E-state index contributed by atoms with van der Waals surface area (Å²) < 4.78 is 7.43. The molecule has 2 atom stereocenters. The van der Waals surface area contributed by atoms with E-state index in [0.29, 0.717) is 6.04 Å². The molecule has 1 aromatic carbocycles. The highest BCUT2D eigenvalue weighted by atomic mass is 16.5. The second kappa shape index (κ2) is 6.72. The van der Waals surface area contributed by atoms with Crippen molar-refractivity contribution in [2.45, 2.75) is 37.9 Å². The van der Waals surface area contributed by atoms with Gasteiger partial charge in [0, 0.05) is 18.3 Å². The van der Waals surface area contributed by atoms with Gasteiger partial charge in [0.15, 0.2) is 5.65 Å². The molecule has 0 saturated heterocycles. The first-order valence-corrected chi connectivity index (χ1v) is 8.69. The van der Waals surface area contributed by atoms with E-state index in [1.54, 1.807) is 13.3 Å². The topological polar surface area (TPSA) is 78.0 Å². The zero-order valence-electron chi connectivity index (χ0n) is 14.4. The van der Waals surface area contributed by atoms with Crippen LogP contribution in [0.1, 0.15) is 24.8 Å². The number of nitrogens with two attached hydrogens (primary N) is 1. The predicted octanol–water partition coefficient (Wildman–Crippen LogP) is 2.78. The summed E-state index contributed by atoms with van der Waals surface area (Å²) in [5.41, 5.74) is 9.04. The van der Waals surface area contributed by atoms with E-state index in [2.05, 4.69) is 33.1 Å². The summed E-state index contributed by atoms with van der Waals surface area (Å²) in [6.45, 7) is 0.729. The van der Waals surface area contributed by atoms with Crippen LogP contribution < -0.4 is 15.8 Å². The molecule has 130 valence electrons. The fourth-order valence-electron chi connectivity index (χ4n) is 3.47. The fraction of sp³-hybridized carbons (Fsp3) is 0.368. The summed E-state index contributed by atoms with van der Waals surface area (Å²) in [5.74, 6) is 1.72. The van der Waals surface area contributed by atoms with Crippen LogP contribution in [0.3, 0.4) is 0 Å². The zero-order chi connectivity index (χ0) is 17.2. The van der Waals surface area contributed by atoms with Crippen LogP contribution in [0.2, 0.25) is 0 Å². The van der Waals surface area contributed by atoms with E-state index < -0.39 is 0 Å². The third kappa shape index (κ3) is 3.30. The maximum Gasteiger partial charge on any atom is 0.205 e. The van der Waals surface area contributed by atoms with Gasteiger partial charge < -0.3 is 20.4 Å². The first kappa shape index (κ1) is 15.9. The molecule has 0 unspecified atom stereocenters. The van der Waals surface area contributed by atoms with Crippen molar-refractivity contribution in [3.63, 3.8) is 0 Å². The van der Waals surface area contributed by atoms with E-state index in [1.165, 1.54) is 5.56 Å². The standard InChI is InChI=1S/C19H23N5O/c1-25-16-8-4-13(5-9-16)12-24-17-3-2-10-21-18(17)23-19(24)22-15-7-6-14(20)11-15/h2-5,8-10,14-15H,6-7,11-12,20H2,1H3,(H,21,22,23)/t14-,15-/m0/s1. The molecule has 1 aliphatic rings. The van der Waals surface area contributed by atoms with Crippen molar-refractivity contribution >= 4 is 17.1 Å². The lowest BCUT2D eigenvalue weighted by Gasteiger charge is -2.15. The quantitative estimate of drug-likeness (QED) is 0.748. The summed E-state index contributed by atoms with van der Waals surface area (Å²) >= 11 is 0. The average Bonchev–Trinajstić information content (AvgIpc) is 3.20. The zero-order valence-corrected chi connectivity index (χ0v) is 14.4. The van der Waals surface area contributed by atoms with E-state index in [1.807, 2.05) is 18.2 Å². The molecule has 0 aliphatic heterocycles. The summed E-state index contributed by atoms with van der Waals surface area (Å²) in [5, 5.41) is 3.58. The van der Waals surface area contributed by atoms with Gasteiger partial charge >= 0.3 is 0 Å². The van der Waals surface area contributed by atoms with E-state index in [-0.39, 0.29) is 6.04 Å². The molecule has 0 radical (unpaired) electrons. The second-order valence-corrected chi connectivity index (χ2v) is 6.63. The number of pyridine rings is 1. The molecule has 0 bridgehead atoms. The van der Waals surface area contributed by atoms with Crippen LogP contribution in [0.4, 0.5) is 5.95 Å².